The third-order valence-corrected chi connectivity index (χ3v) is 5.86. The molecular formula is C26H22F6N4O2. The summed E-state index contributed by atoms with van der Waals surface area (Å²) < 4.78 is 89.6. The first-order valence-corrected chi connectivity index (χ1v) is 11.0. The van der Waals surface area contributed by atoms with E-state index in [-0.39, 0.29) is 22.6 Å². The van der Waals surface area contributed by atoms with Crippen LogP contribution in [0.2, 0.25) is 0 Å². The minimum atomic E-state index is -4.83. The molecule has 0 spiro atoms. The van der Waals surface area contributed by atoms with Gasteiger partial charge in [0, 0.05) is 0 Å². The fraction of sp³-hybridized carbons (Fsp3) is 0.154. The van der Waals surface area contributed by atoms with Crippen molar-refractivity contribution in [3.05, 3.63) is 96.1 Å². The van der Waals surface area contributed by atoms with Gasteiger partial charge < -0.3 is 32.4 Å². The fourth-order valence-corrected chi connectivity index (χ4v) is 3.53. The summed E-state index contributed by atoms with van der Waals surface area (Å²) in [5.41, 5.74) is 14.3. The highest BCUT2D eigenvalue weighted by atomic mass is 19.4. The molecule has 6 nitrogen and oxygen atoms in total. The van der Waals surface area contributed by atoms with Gasteiger partial charge in [-0.05, 0) is 70.4 Å². The fourth-order valence-electron chi connectivity index (χ4n) is 3.53. The SMILES string of the molecule is NC(N)(c1ccc(Oc2ccc3cc(Oc4ccc(C(N)(N)C(F)(F)F)cc4)ccc3c2)cc1)C(F)(F)F. The Kier molecular flexibility index (Phi) is 6.78. The molecule has 4 rings (SSSR count). The number of rotatable bonds is 6. The van der Waals surface area contributed by atoms with Gasteiger partial charge in [0.05, 0.1) is 0 Å². The predicted molar refractivity (Wildman–Crippen MR) is 129 cm³/mol. The number of benzene rings is 4. The second-order valence-electron chi connectivity index (χ2n) is 8.66. The van der Waals surface area contributed by atoms with Crippen LogP contribution in [0.5, 0.6) is 23.0 Å². The minimum absolute atomic E-state index is 0.277. The van der Waals surface area contributed by atoms with Crippen molar-refractivity contribution in [3.63, 3.8) is 0 Å². The zero-order chi connectivity index (χ0) is 27.9. The number of ether oxygens (including phenoxy) is 2. The van der Waals surface area contributed by atoms with Gasteiger partial charge in [-0.2, -0.15) is 26.3 Å². The van der Waals surface area contributed by atoms with Crippen molar-refractivity contribution >= 4 is 10.8 Å². The maximum Gasteiger partial charge on any atom is 0.423 e. The predicted octanol–water partition coefficient (Wildman–Crippen LogP) is 5.69. The third-order valence-electron chi connectivity index (χ3n) is 5.86. The standard InChI is InChI=1S/C26H22F6N4O2/c27-25(28,29)23(33,34)17-3-9-19(10-4-17)37-21-7-1-15-13-22(8-2-16(15)14-21)38-20-11-5-18(6-12-20)24(35,36)26(30,31)32/h1-14H,33-36H2. The molecule has 0 unspecified atom stereocenters. The quantitative estimate of drug-likeness (QED) is 0.186. The summed E-state index contributed by atoms with van der Waals surface area (Å²) in [5.74, 6) is 1.40. The van der Waals surface area contributed by atoms with Gasteiger partial charge in [0.2, 0.25) is 0 Å². The summed E-state index contributed by atoms with van der Waals surface area (Å²) in [6.45, 7) is 0. The minimum Gasteiger partial charge on any atom is -0.457 e. The smallest absolute Gasteiger partial charge is 0.423 e. The molecule has 0 aliphatic heterocycles. The van der Waals surface area contributed by atoms with Crippen LogP contribution in [0.15, 0.2) is 84.9 Å². The molecule has 8 N–H and O–H groups in total. The van der Waals surface area contributed by atoms with E-state index in [4.69, 9.17) is 32.4 Å². The summed E-state index contributed by atoms with van der Waals surface area (Å²) in [7, 11) is 0. The van der Waals surface area contributed by atoms with E-state index in [9.17, 15) is 26.3 Å². The van der Waals surface area contributed by atoms with Crippen LogP contribution in [0.3, 0.4) is 0 Å². The first-order valence-electron chi connectivity index (χ1n) is 11.0. The van der Waals surface area contributed by atoms with Crippen LogP contribution >= 0.6 is 0 Å². The highest BCUT2D eigenvalue weighted by Gasteiger charge is 2.51. The number of fused-ring (bicyclic) bond motifs is 1. The van der Waals surface area contributed by atoms with Crippen LogP contribution in [-0.4, -0.2) is 12.4 Å². The highest BCUT2D eigenvalue weighted by Crippen LogP contribution is 2.36. The summed E-state index contributed by atoms with van der Waals surface area (Å²) in [4.78, 5) is 0. The van der Waals surface area contributed by atoms with Crippen molar-refractivity contribution < 1.29 is 35.8 Å². The van der Waals surface area contributed by atoms with E-state index in [0.29, 0.717) is 11.5 Å². The summed E-state index contributed by atoms with van der Waals surface area (Å²) in [6.07, 6.45) is -9.65. The zero-order valence-electron chi connectivity index (χ0n) is 19.5. The van der Waals surface area contributed by atoms with Crippen molar-refractivity contribution in [2.45, 2.75) is 23.7 Å². The van der Waals surface area contributed by atoms with E-state index in [1.54, 1.807) is 36.4 Å². The monoisotopic (exact) mass is 536 g/mol. The Hall–Kier alpha value is -3.84. The molecule has 4 aromatic rings. The molecule has 38 heavy (non-hydrogen) atoms. The molecule has 0 fully saturated rings. The van der Waals surface area contributed by atoms with Crippen LogP contribution in [0.1, 0.15) is 11.1 Å². The lowest BCUT2D eigenvalue weighted by Gasteiger charge is -2.27. The molecular weight excluding hydrogens is 514 g/mol. The second-order valence-corrected chi connectivity index (χ2v) is 8.66. The molecule has 0 atom stereocenters. The van der Waals surface area contributed by atoms with Gasteiger partial charge >= 0.3 is 12.4 Å². The number of alkyl halides is 6. The van der Waals surface area contributed by atoms with Gasteiger partial charge in [-0.1, -0.05) is 36.4 Å². The van der Waals surface area contributed by atoms with Crippen molar-refractivity contribution in [2.24, 2.45) is 22.9 Å². The first-order chi connectivity index (χ1) is 17.6. The number of nitrogens with two attached hydrogens (primary N) is 4. The van der Waals surface area contributed by atoms with Crippen molar-refractivity contribution in [3.8, 4) is 23.0 Å². The number of halogens is 6. The Balaban J connectivity index is 1.47. The van der Waals surface area contributed by atoms with E-state index in [0.717, 1.165) is 35.0 Å². The van der Waals surface area contributed by atoms with E-state index in [2.05, 4.69) is 0 Å². The molecule has 4 aromatic carbocycles. The maximum absolute atomic E-state index is 13.0. The van der Waals surface area contributed by atoms with Crippen LogP contribution in [0, 0.1) is 0 Å². The van der Waals surface area contributed by atoms with Gasteiger partial charge in [0.15, 0.2) is 11.3 Å². The van der Waals surface area contributed by atoms with Gasteiger partial charge in [-0.15, -0.1) is 0 Å². The molecule has 0 heterocycles. The van der Waals surface area contributed by atoms with Gasteiger partial charge in [-0.3, -0.25) is 0 Å². The topological polar surface area (TPSA) is 123 Å². The lowest BCUT2D eigenvalue weighted by atomic mass is 10.0. The largest absolute Gasteiger partial charge is 0.457 e. The zero-order valence-corrected chi connectivity index (χ0v) is 19.5. The van der Waals surface area contributed by atoms with E-state index < -0.39 is 23.7 Å². The Labute approximate surface area is 212 Å². The van der Waals surface area contributed by atoms with Crippen molar-refractivity contribution in [2.75, 3.05) is 0 Å². The molecule has 0 bridgehead atoms. The second kappa shape index (κ2) is 9.48. The average Bonchev–Trinajstić information content (AvgIpc) is 2.83. The molecule has 0 aliphatic carbocycles. The van der Waals surface area contributed by atoms with E-state index in [1.165, 1.54) is 24.3 Å². The molecule has 12 heteroatoms. The maximum atomic E-state index is 13.0. The van der Waals surface area contributed by atoms with Crippen molar-refractivity contribution in [1.29, 1.82) is 0 Å². The molecule has 0 radical (unpaired) electrons. The van der Waals surface area contributed by atoms with Crippen LogP contribution in [-0.2, 0) is 11.3 Å². The highest BCUT2D eigenvalue weighted by molar-refractivity contribution is 5.85. The normalized spacial score (nSPS) is 13.0. The van der Waals surface area contributed by atoms with Crippen molar-refractivity contribution in [1.82, 2.24) is 0 Å². The molecule has 0 amide bonds. The first kappa shape index (κ1) is 27.2. The Morgan fingerprint density at radius 3 is 1.00 bits per heavy atom. The van der Waals surface area contributed by atoms with E-state index >= 15 is 0 Å². The Morgan fingerprint density at radius 1 is 0.421 bits per heavy atom. The summed E-state index contributed by atoms with van der Waals surface area (Å²) >= 11 is 0. The van der Waals surface area contributed by atoms with Crippen LogP contribution in [0.25, 0.3) is 10.8 Å². The summed E-state index contributed by atoms with van der Waals surface area (Å²) in [6, 6.07) is 20.1. The van der Waals surface area contributed by atoms with Crippen LogP contribution < -0.4 is 32.4 Å². The van der Waals surface area contributed by atoms with Gasteiger partial charge in [0.25, 0.3) is 0 Å². The lowest BCUT2D eigenvalue weighted by molar-refractivity contribution is -0.188. The molecule has 0 saturated carbocycles. The van der Waals surface area contributed by atoms with Gasteiger partial charge in [0.1, 0.15) is 23.0 Å². The number of hydrogen-bond donors (Lipinski definition) is 4. The number of hydrogen-bond acceptors (Lipinski definition) is 6. The molecule has 0 saturated heterocycles. The van der Waals surface area contributed by atoms with Crippen LogP contribution in [0.4, 0.5) is 26.3 Å². The molecule has 0 aromatic heterocycles. The lowest BCUT2D eigenvalue weighted by Crippen LogP contribution is -2.57. The average molecular weight is 536 g/mol. The Bertz CT molecular complexity index is 1320. The van der Waals surface area contributed by atoms with E-state index in [1.807, 2.05) is 0 Å². The summed E-state index contributed by atoms with van der Waals surface area (Å²) in [5, 5.41) is 1.53. The molecule has 0 aliphatic rings. The third kappa shape index (κ3) is 5.38. The van der Waals surface area contributed by atoms with Gasteiger partial charge in [-0.25, -0.2) is 0 Å². The Morgan fingerprint density at radius 2 is 0.711 bits per heavy atom. The molecule has 200 valence electrons.